The first-order valence-corrected chi connectivity index (χ1v) is 7.16. The number of aromatic amines is 1. The van der Waals surface area contributed by atoms with Crippen LogP contribution in [0.5, 0.6) is 0 Å². The van der Waals surface area contributed by atoms with Crippen LogP contribution >= 0.6 is 0 Å². The Morgan fingerprint density at radius 2 is 1.90 bits per heavy atom. The third-order valence-corrected chi connectivity index (χ3v) is 3.74. The molecule has 0 bridgehead atoms. The minimum atomic E-state index is -0.127. The highest BCUT2D eigenvalue weighted by atomic mass is 16.1. The van der Waals surface area contributed by atoms with Gasteiger partial charge >= 0.3 is 0 Å². The highest BCUT2D eigenvalue weighted by Gasteiger charge is 2.27. The molecule has 1 N–H and O–H groups in total. The molecule has 0 aliphatic heterocycles. The summed E-state index contributed by atoms with van der Waals surface area (Å²) >= 11 is 0. The van der Waals surface area contributed by atoms with Crippen molar-refractivity contribution in [3.8, 4) is 11.4 Å². The molecule has 1 saturated carbocycles. The second-order valence-corrected chi connectivity index (χ2v) is 6.59. The summed E-state index contributed by atoms with van der Waals surface area (Å²) in [6.45, 7) is 6.22. The van der Waals surface area contributed by atoms with Crippen molar-refractivity contribution in [3.63, 3.8) is 0 Å². The number of nitrogens with one attached hydrogen (secondary N) is 1. The van der Waals surface area contributed by atoms with Gasteiger partial charge in [-0.1, -0.05) is 45.0 Å². The van der Waals surface area contributed by atoms with Crippen LogP contribution in [0.3, 0.4) is 0 Å². The standard InChI is InChI=1S/C17H20N2O/c1-17(2,3)14-10-15(20)19-16(18-14)13-7-5-4-6-12(13)11-8-9-11/h4-7,10-11H,8-9H2,1-3H3,(H,18,19,20). The summed E-state index contributed by atoms with van der Waals surface area (Å²) in [5.41, 5.74) is 3.00. The summed E-state index contributed by atoms with van der Waals surface area (Å²) in [6.07, 6.45) is 2.47. The van der Waals surface area contributed by atoms with E-state index in [0.29, 0.717) is 11.7 Å². The van der Waals surface area contributed by atoms with Gasteiger partial charge in [-0.25, -0.2) is 4.98 Å². The lowest BCUT2D eigenvalue weighted by molar-refractivity contribution is 0.566. The van der Waals surface area contributed by atoms with Gasteiger partial charge in [0.05, 0.1) is 5.69 Å². The van der Waals surface area contributed by atoms with Crippen LogP contribution in [-0.4, -0.2) is 9.97 Å². The Kier molecular flexibility index (Phi) is 3.00. The molecule has 0 spiro atoms. The highest BCUT2D eigenvalue weighted by molar-refractivity contribution is 5.62. The van der Waals surface area contributed by atoms with Crippen LogP contribution in [0.2, 0.25) is 0 Å². The van der Waals surface area contributed by atoms with E-state index >= 15 is 0 Å². The molecular weight excluding hydrogens is 248 g/mol. The van der Waals surface area contributed by atoms with Gasteiger partial charge in [0.1, 0.15) is 5.82 Å². The van der Waals surface area contributed by atoms with Crippen LogP contribution in [0.25, 0.3) is 11.4 Å². The fourth-order valence-electron chi connectivity index (χ4n) is 2.43. The van der Waals surface area contributed by atoms with Crippen molar-refractivity contribution in [1.29, 1.82) is 0 Å². The van der Waals surface area contributed by atoms with Crippen LogP contribution in [-0.2, 0) is 5.41 Å². The predicted octanol–water partition coefficient (Wildman–Crippen LogP) is 3.61. The molecule has 1 aliphatic rings. The zero-order valence-corrected chi connectivity index (χ0v) is 12.2. The van der Waals surface area contributed by atoms with Crippen molar-refractivity contribution >= 4 is 0 Å². The first-order chi connectivity index (χ1) is 9.45. The Balaban J connectivity index is 2.15. The molecule has 1 aromatic carbocycles. The molecule has 0 radical (unpaired) electrons. The van der Waals surface area contributed by atoms with E-state index in [-0.39, 0.29) is 11.0 Å². The van der Waals surface area contributed by atoms with Gasteiger partial charge in [0.25, 0.3) is 5.56 Å². The van der Waals surface area contributed by atoms with Crippen molar-refractivity contribution in [3.05, 3.63) is 51.9 Å². The van der Waals surface area contributed by atoms with E-state index in [1.54, 1.807) is 6.07 Å². The first-order valence-electron chi connectivity index (χ1n) is 7.16. The van der Waals surface area contributed by atoms with E-state index < -0.39 is 0 Å². The Labute approximate surface area is 119 Å². The molecule has 2 aromatic rings. The summed E-state index contributed by atoms with van der Waals surface area (Å²) < 4.78 is 0. The molecule has 3 rings (SSSR count). The van der Waals surface area contributed by atoms with Gasteiger partial charge in [-0.2, -0.15) is 0 Å². The molecule has 104 valence electrons. The summed E-state index contributed by atoms with van der Waals surface area (Å²) in [6, 6.07) is 9.87. The summed E-state index contributed by atoms with van der Waals surface area (Å²) in [5.74, 6) is 1.33. The largest absolute Gasteiger partial charge is 0.307 e. The van der Waals surface area contributed by atoms with Crippen molar-refractivity contribution in [2.45, 2.75) is 44.9 Å². The average molecular weight is 268 g/mol. The fraction of sp³-hybridized carbons (Fsp3) is 0.412. The summed E-state index contributed by atoms with van der Waals surface area (Å²) in [4.78, 5) is 19.5. The van der Waals surface area contributed by atoms with Crippen LogP contribution in [0.1, 0.15) is 50.8 Å². The molecule has 1 heterocycles. The smallest absolute Gasteiger partial charge is 0.251 e. The highest BCUT2D eigenvalue weighted by Crippen LogP contribution is 2.43. The molecule has 0 saturated heterocycles. The molecular formula is C17H20N2O. The Morgan fingerprint density at radius 3 is 2.55 bits per heavy atom. The summed E-state index contributed by atoms with van der Waals surface area (Å²) in [7, 11) is 0. The van der Waals surface area contributed by atoms with E-state index in [1.165, 1.54) is 18.4 Å². The number of aromatic nitrogens is 2. The van der Waals surface area contributed by atoms with Gasteiger partial charge in [0.15, 0.2) is 0 Å². The normalized spacial score (nSPS) is 15.3. The zero-order chi connectivity index (χ0) is 14.3. The van der Waals surface area contributed by atoms with Crippen LogP contribution in [0.15, 0.2) is 35.1 Å². The minimum Gasteiger partial charge on any atom is -0.307 e. The molecule has 0 unspecified atom stereocenters. The van der Waals surface area contributed by atoms with Crippen molar-refractivity contribution < 1.29 is 0 Å². The number of rotatable bonds is 2. The Hall–Kier alpha value is -1.90. The molecule has 1 fully saturated rings. The molecule has 1 aliphatic carbocycles. The lowest BCUT2D eigenvalue weighted by Crippen LogP contribution is -2.20. The quantitative estimate of drug-likeness (QED) is 0.904. The monoisotopic (exact) mass is 268 g/mol. The third kappa shape index (κ3) is 2.53. The van der Waals surface area contributed by atoms with Gasteiger partial charge in [-0.05, 0) is 24.3 Å². The van der Waals surface area contributed by atoms with E-state index in [0.717, 1.165) is 11.3 Å². The number of hydrogen-bond acceptors (Lipinski definition) is 2. The van der Waals surface area contributed by atoms with Gasteiger partial charge in [0.2, 0.25) is 0 Å². The van der Waals surface area contributed by atoms with Gasteiger partial charge in [0, 0.05) is 17.0 Å². The zero-order valence-electron chi connectivity index (χ0n) is 12.2. The maximum Gasteiger partial charge on any atom is 0.251 e. The van der Waals surface area contributed by atoms with Crippen LogP contribution in [0, 0.1) is 0 Å². The third-order valence-electron chi connectivity index (χ3n) is 3.74. The maximum absolute atomic E-state index is 11.9. The van der Waals surface area contributed by atoms with Crippen molar-refractivity contribution in [2.75, 3.05) is 0 Å². The molecule has 0 amide bonds. The van der Waals surface area contributed by atoms with Crippen molar-refractivity contribution in [2.24, 2.45) is 0 Å². The van der Waals surface area contributed by atoms with Gasteiger partial charge < -0.3 is 4.98 Å². The predicted molar refractivity (Wildman–Crippen MR) is 81.0 cm³/mol. The number of hydrogen-bond donors (Lipinski definition) is 1. The molecule has 3 nitrogen and oxygen atoms in total. The Morgan fingerprint density at radius 1 is 1.20 bits per heavy atom. The number of H-pyrrole nitrogens is 1. The van der Waals surface area contributed by atoms with Gasteiger partial charge in [-0.3, -0.25) is 4.79 Å². The number of benzene rings is 1. The summed E-state index contributed by atoms with van der Waals surface area (Å²) in [5, 5.41) is 0. The van der Waals surface area contributed by atoms with Crippen molar-refractivity contribution in [1.82, 2.24) is 9.97 Å². The SMILES string of the molecule is CC(C)(C)c1cc(=O)[nH]c(-c2ccccc2C2CC2)n1. The van der Waals surface area contributed by atoms with Crippen LogP contribution < -0.4 is 5.56 Å². The fourth-order valence-corrected chi connectivity index (χ4v) is 2.43. The Bertz CT molecular complexity index is 691. The van der Waals surface area contributed by atoms with E-state index in [9.17, 15) is 4.79 Å². The topological polar surface area (TPSA) is 45.8 Å². The molecule has 0 atom stereocenters. The second kappa shape index (κ2) is 4.58. The van der Waals surface area contributed by atoms with E-state index in [4.69, 9.17) is 4.98 Å². The molecule has 1 aromatic heterocycles. The number of nitrogens with zero attached hydrogens (tertiary/aromatic N) is 1. The molecule has 20 heavy (non-hydrogen) atoms. The molecule has 3 heteroatoms. The minimum absolute atomic E-state index is 0.0782. The second-order valence-electron chi connectivity index (χ2n) is 6.59. The van der Waals surface area contributed by atoms with Crippen LogP contribution in [0.4, 0.5) is 0 Å². The van der Waals surface area contributed by atoms with E-state index in [1.807, 2.05) is 6.07 Å². The average Bonchev–Trinajstić information content (AvgIpc) is 3.21. The van der Waals surface area contributed by atoms with E-state index in [2.05, 4.69) is 44.0 Å². The maximum atomic E-state index is 11.9. The first kappa shape index (κ1) is 13.1. The lowest BCUT2D eigenvalue weighted by atomic mass is 9.92. The lowest BCUT2D eigenvalue weighted by Gasteiger charge is -2.18. The van der Waals surface area contributed by atoms with Gasteiger partial charge in [-0.15, -0.1) is 0 Å².